The van der Waals surface area contributed by atoms with Crippen molar-refractivity contribution in [2.24, 2.45) is 10.9 Å². The van der Waals surface area contributed by atoms with Gasteiger partial charge in [0.05, 0.1) is 13.7 Å². The van der Waals surface area contributed by atoms with Crippen LogP contribution in [0.15, 0.2) is 29.3 Å². The summed E-state index contributed by atoms with van der Waals surface area (Å²) in [6, 6.07) is 8.00. The van der Waals surface area contributed by atoms with Crippen LogP contribution in [-0.4, -0.2) is 65.8 Å². The standard InChI is InChI=1S/C23H39N3O4/c1-3-28-14-4-12-24-23(26-18-20-6-8-22(27-2)9-7-20)25-13-5-15-30-19-21-10-16-29-17-11-21/h6-9,21H,3-5,10-19H2,1-2H3,(H2,24,25,26). The number of hydrogen-bond donors (Lipinski definition) is 2. The van der Waals surface area contributed by atoms with Crippen LogP contribution in [0.2, 0.25) is 0 Å². The second-order valence-electron chi connectivity index (χ2n) is 7.40. The van der Waals surface area contributed by atoms with Crippen molar-refractivity contribution in [3.05, 3.63) is 29.8 Å². The van der Waals surface area contributed by atoms with E-state index in [4.69, 9.17) is 23.9 Å². The normalized spacial score (nSPS) is 15.2. The molecule has 0 radical (unpaired) electrons. The highest BCUT2D eigenvalue weighted by atomic mass is 16.5. The van der Waals surface area contributed by atoms with Gasteiger partial charge in [-0.05, 0) is 56.2 Å². The van der Waals surface area contributed by atoms with Gasteiger partial charge >= 0.3 is 0 Å². The number of guanidine groups is 1. The molecule has 7 heteroatoms. The van der Waals surface area contributed by atoms with Crippen molar-refractivity contribution in [3.8, 4) is 5.75 Å². The summed E-state index contributed by atoms with van der Waals surface area (Å²) >= 11 is 0. The number of ether oxygens (including phenoxy) is 4. The van der Waals surface area contributed by atoms with E-state index in [9.17, 15) is 0 Å². The monoisotopic (exact) mass is 421 g/mol. The van der Waals surface area contributed by atoms with Gasteiger partial charge in [-0.2, -0.15) is 0 Å². The summed E-state index contributed by atoms with van der Waals surface area (Å²) in [4.78, 5) is 4.72. The molecule has 0 spiro atoms. The summed E-state index contributed by atoms with van der Waals surface area (Å²) in [6.07, 6.45) is 4.13. The van der Waals surface area contributed by atoms with Gasteiger partial charge in [0, 0.05) is 52.7 Å². The summed E-state index contributed by atoms with van der Waals surface area (Å²) in [5, 5.41) is 6.81. The van der Waals surface area contributed by atoms with E-state index in [1.54, 1.807) is 7.11 Å². The molecule has 1 heterocycles. The number of benzene rings is 1. The lowest BCUT2D eigenvalue weighted by atomic mass is 10.0. The Morgan fingerprint density at radius 1 is 1.03 bits per heavy atom. The fraction of sp³-hybridized carbons (Fsp3) is 0.696. The third kappa shape index (κ3) is 10.8. The maximum absolute atomic E-state index is 5.85. The first kappa shape index (κ1) is 24.4. The molecule has 1 aliphatic heterocycles. The Morgan fingerprint density at radius 2 is 1.70 bits per heavy atom. The smallest absolute Gasteiger partial charge is 0.191 e. The zero-order valence-corrected chi connectivity index (χ0v) is 18.7. The highest BCUT2D eigenvalue weighted by molar-refractivity contribution is 5.79. The Hall–Kier alpha value is -1.83. The minimum Gasteiger partial charge on any atom is -0.497 e. The van der Waals surface area contributed by atoms with Crippen LogP contribution in [0.3, 0.4) is 0 Å². The summed E-state index contributed by atoms with van der Waals surface area (Å²) in [5.41, 5.74) is 1.14. The molecule has 0 aromatic heterocycles. The molecule has 1 aromatic rings. The van der Waals surface area contributed by atoms with E-state index in [1.807, 2.05) is 31.2 Å². The Bertz CT molecular complexity index is 574. The Kier molecular flexibility index (Phi) is 13.0. The number of hydrogen-bond acceptors (Lipinski definition) is 5. The molecular formula is C23H39N3O4. The Morgan fingerprint density at radius 3 is 2.33 bits per heavy atom. The molecule has 7 nitrogen and oxygen atoms in total. The van der Waals surface area contributed by atoms with Gasteiger partial charge in [0.25, 0.3) is 0 Å². The highest BCUT2D eigenvalue weighted by Gasteiger charge is 2.13. The fourth-order valence-corrected chi connectivity index (χ4v) is 3.15. The second kappa shape index (κ2) is 15.9. The molecule has 0 amide bonds. The molecule has 2 rings (SSSR count). The molecule has 0 bridgehead atoms. The highest BCUT2D eigenvalue weighted by Crippen LogP contribution is 2.14. The Balaban J connectivity index is 1.69. The van der Waals surface area contributed by atoms with E-state index in [0.717, 1.165) is 95.7 Å². The minimum atomic E-state index is 0.616. The first-order valence-electron chi connectivity index (χ1n) is 11.2. The fourth-order valence-electron chi connectivity index (χ4n) is 3.15. The van der Waals surface area contributed by atoms with Crippen molar-refractivity contribution in [2.45, 2.75) is 39.2 Å². The summed E-state index contributed by atoms with van der Waals surface area (Å²) in [7, 11) is 1.68. The van der Waals surface area contributed by atoms with E-state index in [1.165, 1.54) is 0 Å². The van der Waals surface area contributed by atoms with Gasteiger partial charge in [-0.1, -0.05) is 12.1 Å². The molecule has 0 atom stereocenters. The predicted octanol–water partition coefficient (Wildman–Crippen LogP) is 2.99. The average molecular weight is 422 g/mol. The van der Waals surface area contributed by atoms with Gasteiger partial charge in [-0.3, -0.25) is 0 Å². The van der Waals surface area contributed by atoms with Crippen LogP contribution >= 0.6 is 0 Å². The molecular weight excluding hydrogens is 382 g/mol. The van der Waals surface area contributed by atoms with Crippen LogP contribution in [0.1, 0.15) is 38.2 Å². The molecule has 170 valence electrons. The molecule has 1 aromatic carbocycles. The van der Waals surface area contributed by atoms with Crippen molar-refractivity contribution >= 4 is 5.96 Å². The molecule has 0 saturated carbocycles. The summed E-state index contributed by atoms with van der Waals surface area (Å²) in [5.74, 6) is 2.34. The maximum atomic E-state index is 5.85. The van der Waals surface area contributed by atoms with Crippen molar-refractivity contribution in [1.29, 1.82) is 0 Å². The zero-order chi connectivity index (χ0) is 21.3. The maximum Gasteiger partial charge on any atom is 0.191 e. The zero-order valence-electron chi connectivity index (χ0n) is 18.7. The number of methoxy groups -OCH3 is 1. The molecule has 0 unspecified atom stereocenters. The SMILES string of the molecule is CCOCCCNC(=NCc1ccc(OC)cc1)NCCCOCC1CCOCC1. The first-order chi connectivity index (χ1) is 14.8. The second-order valence-corrected chi connectivity index (χ2v) is 7.40. The first-order valence-corrected chi connectivity index (χ1v) is 11.2. The molecule has 1 fully saturated rings. The molecule has 1 aliphatic rings. The van der Waals surface area contributed by atoms with Gasteiger partial charge in [0.1, 0.15) is 5.75 Å². The predicted molar refractivity (Wildman–Crippen MR) is 120 cm³/mol. The molecule has 0 aliphatic carbocycles. The van der Waals surface area contributed by atoms with Crippen molar-refractivity contribution in [3.63, 3.8) is 0 Å². The number of rotatable bonds is 14. The lowest BCUT2D eigenvalue weighted by Gasteiger charge is -2.21. The summed E-state index contributed by atoms with van der Waals surface area (Å²) < 4.78 is 21.9. The lowest BCUT2D eigenvalue weighted by Crippen LogP contribution is -2.39. The quantitative estimate of drug-likeness (QED) is 0.273. The largest absolute Gasteiger partial charge is 0.497 e. The summed E-state index contributed by atoms with van der Waals surface area (Å²) in [6.45, 7) is 9.16. The van der Waals surface area contributed by atoms with Gasteiger partial charge < -0.3 is 29.6 Å². The van der Waals surface area contributed by atoms with E-state index in [-0.39, 0.29) is 0 Å². The van der Waals surface area contributed by atoms with Crippen LogP contribution in [0.4, 0.5) is 0 Å². The average Bonchev–Trinajstić information content (AvgIpc) is 2.80. The van der Waals surface area contributed by atoms with Gasteiger partial charge in [0.2, 0.25) is 0 Å². The third-order valence-corrected chi connectivity index (χ3v) is 4.99. The molecule has 30 heavy (non-hydrogen) atoms. The van der Waals surface area contributed by atoms with Crippen molar-refractivity contribution in [2.75, 3.05) is 59.8 Å². The molecule has 2 N–H and O–H groups in total. The van der Waals surface area contributed by atoms with Gasteiger partial charge in [-0.15, -0.1) is 0 Å². The van der Waals surface area contributed by atoms with Crippen molar-refractivity contribution < 1.29 is 18.9 Å². The lowest BCUT2D eigenvalue weighted by molar-refractivity contribution is 0.0203. The van der Waals surface area contributed by atoms with E-state index in [0.29, 0.717) is 12.5 Å². The van der Waals surface area contributed by atoms with Crippen LogP contribution in [0, 0.1) is 5.92 Å². The third-order valence-electron chi connectivity index (χ3n) is 4.99. The van der Waals surface area contributed by atoms with E-state index >= 15 is 0 Å². The van der Waals surface area contributed by atoms with Crippen LogP contribution in [-0.2, 0) is 20.8 Å². The number of nitrogens with zero attached hydrogens (tertiary/aromatic N) is 1. The van der Waals surface area contributed by atoms with Crippen molar-refractivity contribution in [1.82, 2.24) is 10.6 Å². The van der Waals surface area contributed by atoms with Gasteiger partial charge in [-0.25, -0.2) is 4.99 Å². The number of aliphatic imine (C=N–C) groups is 1. The van der Waals surface area contributed by atoms with Crippen LogP contribution in [0.25, 0.3) is 0 Å². The van der Waals surface area contributed by atoms with E-state index < -0.39 is 0 Å². The van der Waals surface area contributed by atoms with Crippen LogP contribution < -0.4 is 15.4 Å². The van der Waals surface area contributed by atoms with Crippen LogP contribution in [0.5, 0.6) is 5.75 Å². The topological polar surface area (TPSA) is 73.3 Å². The minimum absolute atomic E-state index is 0.616. The number of nitrogens with one attached hydrogen (secondary N) is 2. The Labute approximate surface area is 181 Å². The van der Waals surface area contributed by atoms with E-state index in [2.05, 4.69) is 10.6 Å². The van der Waals surface area contributed by atoms with Gasteiger partial charge in [0.15, 0.2) is 5.96 Å². The molecule has 1 saturated heterocycles.